The van der Waals surface area contributed by atoms with E-state index in [1.165, 1.54) is 11.8 Å². The van der Waals surface area contributed by atoms with Crippen LogP contribution < -0.4 is 9.80 Å². The SMILES string of the molecule is CCN(CC)c1ccc(N2C(=O)/C(=C/c3ccc(Br)cc3)SC2=S)cc1. The average Bonchev–Trinajstić information content (AvgIpc) is 2.92. The molecule has 134 valence electrons. The van der Waals surface area contributed by atoms with Crippen molar-refractivity contribution in [2.24, 2.45) is 0 Å². The molecular weight excluding hydrogens is 428 g/mol. The van der Waals surface area contributed by atoms with Crippen molar-refractivity contribution in [3.05, 3.63) is 63.5 Å². The van der Waals surface area contributed by atoms with Crippen molar-refractivity contribution in [3.8, 4) is 0 Å². The lowest BCUT2D eigenvalue weighted by molar-refractivity contribution is -0.113. The second-order valence-corrected chi connectivity index (χ2v) is 8.35. The Labute approximate surface area is 172 Å². The third-order valence-electron chi connectivity index (χ3n) is 4.20. The standard InChI is InChI=1S/C20H19BrN2OS2/c1-3-22(4-2)16-9-11-17(12-10-16)23-19(24)18(26-20(23)25)13-14-5-7-15(21)8-6-14/h5-13H,3-4H2,1-2H3/b18-13-. The second-order valence-electron chi connectivity index (χ2n) is 5.76. The first-order chi connectivity index (χ1) is 12.5. The number of hydrogen-bond donors (Lipinski definition) is 0. The highest BCUT2D eigenvalue weighted by atomic mass is 79.9. The molecule has 1 fully saturated rings. The van der Waals surface area contributed by atoms with E-state index < -0.39 is 0 Å². The monoisotopic (exact) mass is 446 g/mol. The average molecular weight is 447 g/mol. The van der Waals surface area contributed by atoms with E-state index >= 15 is 0 Å². The zero-order valence-electron chi connectivity index (χ0n) is 14.6. The van der Waals surface area contributed by atoms with Crippen molar-refractivity contribution in [1.82, 2.24) is 0 Å². The fourth-order valence-electron chi connectivity index (χ4n) is 2.80. The Morgan fingerprint density at radius 3 is 2.27 bits per heavy atom. The number of carbonyl (C=O) groups is 1. The molecule has 0 unspecified atom stereocenters. The highest BCUT2D eigenvalue weighted by Crippen LogP contribution is 2.36. The Hall–Kier alpha value is -1.63. The molecule has 3 nitrogen and oxygen atoms in total. The molecule has 0 N–H and O–H groups in total. The van der Waals surface area contributed by atoms with Gasteiger partial charge in [0.15, 0.2) is 4.32 Å². The highest BCUT2D eigenvalue weighted by Gasteiger charge is 2.33. The van der Waals surface area contributed by atoms with Crippen LogP contribution in [-0.2, 0) is 4.79 Å². The van der Waals surface area contributed by atoms with Crippen LogP contribution in [0.4, 0.5) is 11.4 Å². The summed E-state index contributed by atoms with van der Waals surface area (Å²) in [5, 5.41) is 0. The topological polar surface area (TPSA) is 23.6 Å². The number of thioether (sulfide) groups is 1. The Kier molecular flexibility index (Phi) is 6.16. The summed E-state index contributed by atoms with van der Waals surface area (Å²) in [6.07, 6.45) is 1.88. The summed E-state index contributed by atoms with van der Waals surface area (Å²) in [7, 11) is 0. The van der Waals surface area contributed by atoms with Gasteiger partial charge in [0.05, 0.1) is 10.6 Å². The van der Waals surface area contributed by atoms with Gasteiger partial charge in [-0.3, -0.25) is 9.69 Å². The van der Waals surface area contributed by atoms with Gasteiger partial charge in [-0.1, -0.05) is 52.0 Å². The van der Waals surface area contributed by atoms with Gasteiger partial charge in [-0.15, -0.1) is 0 Å². The number of halogens is 1. The molecule has 2 aromatic carbocycles. The largest absolute Gasteiger partial charge is 0.372 e. The minimum absolute atomic E-state index is 0.0708. The smallest absolute Gasteiger partial charge is 0.270 e. The summed E-state index contributed by atoms with van der Waals surface area (Å²) in [6, 6.07) is 15.8. The van der Waals surface area contributed by atoms with Crippen molar-refractivity contribution in [1.29, 1.82) is 0 Å². The van der Waals surface area contributed by atoms with Crippen molar-refractivity contribution in [2.45, 2.75) is 13.8 Å². The molecule has 2 aromatic rings. The minimum Gasteiger partial charge on any atom is -0.372 e. The molecule has 0 saturated carbocycles. The number of benzene rings is 2. The molecule has 0 atom stereocenters. The van der Waals surface area contributed by atoms with Gasteiger partial charge in [0.2, 0.25) is 0 Å². The number of rotatable bonds is 5. The fourth-order valence-corrected chi connectivity index (χ4v) is 4.37. The summed E-state index contributed by atoms with van der Waals surface area (Å²) in [5.74, 6) is -0.0708. The first-order valence-electron chi connectivity index (χ1n) is 8.42. The maximum Gasteiger partial charge on any atom is 0.270 e. The molecule has 0 bridgehead atoms. The van der Waals surface area contributed by atoms with Crippen LogP contribution in [0.2, 0.25) is 0 Å². The van der Waals surface area contributed by atoms with Crippen molar-refractivity contribution >= 4 is 67.6 Å². The van der Waals surface area contributed by atoms with Gasteiger partial charge in [0.25, 0.3) is 5.91 Å². The first-order valence-corrected chi connectivity index (χ1v) is 10.4. The molecule has 0 aromatic heterocycles. The molecule has 1 saturated heterocycles. The molecule has 3 rings (SSSR count). The van der Waals surface area contributed by atoms with E-state index in [4.69, 9.17) is 12.2 Å². The van der Waals surface area contributed by atoms with Gasteiger partial charge in [0, 0.05) is 23.2 Å². The van der Waals surface area contributed by atoms with Crippen LogP contribution in [-0.4, -0.2) is 23.3 Å². The van der Waals surface area contributed by atoms with Gasteiger partial charge >= 0.3 is 0 Å². The fraction of sp³-hybridized carbons (Fsp3) is 0.200. The molecule has 0 aliphatic carbocycles. The zero-order valence-corrected chi connectivity index (χ0v) is 17.8. The number of nitrogens with zero attached hydrogens (tertiary/aromatic N) is 2. The molecule has 6 heteroatoms. The van der Waals surface area contributed by atoms with Crippen LogP contribution in [0.3, 0.4) is 0 Å². The van der Waals surface area contributed by atoms with E-state index in [2.05, 4.69) is 34.7 Å². The van der Waals surface area contributed by atoms with E-state index in [1.54, 1.807) is 4.90 Å². The molecule has 26 heavy (non-hydrogen) atoms. The molecule has 0 radical (unpaired) electrons. The molecule has 0 spiro atoms. The van der Waals surface area contributed by atoms with Gasteiger partial charge in [0.1, 0.15) is 0 Å². The van der Waals surface area contributed by atoms with Gasteiger partial charge in [-0.2, -0.15) is 0 Å². The van der Waals surface area contributed by atoms with Crippen LogP contribution >= 0.6 is 39.9 Å². The van der Waals surface area contributed by atoms with Gasteiger partial charge < -0.3 is 4.90 Å². The van der Waals surface area contributed by atoms with Crippen LogP contribution in [0.1, 0.15) is 19.4 Å². The summed E-state index contributed by atoms with van der Waals surface area (Å²) in [5.41, 5.74) is 2.93. The molecule has 1 amide bonds. The quantitative estimate of drug-likeness (QED) is 0.433. The van der Waals surface area contributed by atoms with Gasteiger partial charge in [-0.25, -0.2) is 0 Å². The molecule has 1 aliphatic heterocycles. The molecule has 1 heterocycles. The third-order valence-corrected chi connectivity index (χ3v) is 6.03. The molecular formula is C20H19BrN2OS2. The van der Waals surface area contributed by atoms with Gasteiger partial charge in [-0.05, 0) is 61.9 Å². The maximum atomic E-state index is 12.8. The number of carbonyl (C=O) groups excluding carboxylic acids is 1. The zero-order chi connectivity index (χ0) is 18.7. The number of anilines is 2. The lowest BCUT2D eigenvalue weighted by Crippen LogP contribution is -2.27. The Morgan fingerprint density at radius 1 is 1.08 bits per heavy atom. The predicted octanol–water partition coefficient (Wildman–Crippen LogP) is 5.70. The minimum atomic E-state index is -0.0708. The van der Waals surface area contributed by atoms with E-state index in [-0.39, 0.29) is 5.91 Å². The van der Waals surface area contributed by atoms with Crippen molar-refractivity contribution in [2.75, 3.05) is 22.9 Å². The van der Waals surface area contributed by atoms with Crippen LogP contribution in [0.5, 0.6) is 0 Å². The van der Waals surface area contributed by atoms with Crippen LogP contribution in [0, 0.1) is 0 Å². The summed E-state index contributed by atoms with van der Waals surface area (Å²) in [4.78, 5) is 17.4. The van der Waals surface area contributed by atoms with Crippen LogP contribution in [0.15, 0.2) is 57.9 Å². The summed E-state index contributed by atoms with van der Waals surface area (Å²) < 4.78 is 1.57. The Bertz CT molecular complexity index is 843. The number of amides is 1. The third kappa shape index (κ3) is 4.03. The maximum absolute atomic E-state index is 12.8. The summed E-state index contributed by atoms with van der Waals surface area (Å²) in [6.45, 7) is 6.17. The Balaban J connectivity index is 1.84. The summed E-state index contributed by atoms with van der Waals surface area (Å²) >= 11 is 10.2. The van der Waals surface area contributed by atoms with E-state index in [9.17, 15) is 4.79 Å². The van der Waals surface area contributed by atoms with E-state index in [0.717, 1.165) is 34.5 Å². The second kappa shape index (κ2) is 8.37. The van der Waals surface area contributed by atoms with E-state index in [1.807, 2.05) is 54.6 Å². The lowest BCUT2D eigenvalue weighted by Gasteiger charge is -2.22. The Morgan fingerprint density at radius 2 is 1.69 bits per heavy atom. The first kappa shape index (κ1) is 19.1. The number of thiocarbonyl (C=S) groups is 1. The number of hydrogen-bond acceptors (Lipinski definition) is 4. The van der Waals surface area contributed by atoms with Crippen LogP contribution in [0.25, 0.3) is 6.08 Å². The molecule has 1 aliphatic rings. The normalized spacial score (nSPS) is 15.8. The predicted molar refractivity (Wildman–Crippen MR) is 120 cm³/mol. The highest BCUT2D eigenvalue weighted by molar-refractivity contribution is 9.10. The van der Waals surface area contributed by atoms with E-state index in [0.29, 0.717) is 9.23 Å². The van der Waals surface area contributed by atoms with Crippen molar-refractivity contribution in [3.63, 3.8) is 0 Å². The van der Waals surface area contributed by atoms with Crippen molar-refractivity contribution < 1.29 is 4.79 Å². The lowest BCUT2D eigenvalue weighted by atomic mass is 10.2.